The van der Waals surface area contributed by atoms with Gasteiger partial charge in [0.2, 0.25) is 11.7 Å². The maximum Gasteiger partial charge on any atom is 0.482 e. The lowest BCUT2D eigenvalue weighted by Gasteiger charge is -2.64. The van der Waals surface area contributed by atoms with Crippen LogP contribution in [0.4, 0.5) is 18.0 Å². The predicted molar refractivity (Wildman–Crippen MR) is 184 cm³/mol. The molecule has 6 rings (SSSR count). The van der Waals surface area contributed by atoms with Gasteiger partial charge in [0.15, 0.2) is 17.4 Å². The average molecular weight is 733 g/mol. The van der Waals surface area contributed by atoms with Gasteiger partial charge in [0.25, 0.3) is 0 Å². The zero-order valence-corrected chi connectivity index (χ0v) is 31.2. The van der Waals surface area contributed by atoms with E-state index in [-0.39, 0.29) is 35.2 Å². The topological polar surface area (TPSA) is 142 Å². The van der Waals surface area contributed by atoms with Crippen molar-refractivity contribution in [3.8, 4) is 11.5 Å². The molecular formula is C37H48BF3N2O9. The van der Waals surface area contributed by atoms with Crippen LogP contribution in [0, 0.1) is 34.7 Å². The molecule has 4 aliphatic rings. The van der Waals surface area contributed by atoms with Gasteiger partial charge in [0.05, 0.1) is 24.8 Å². The second-order valence-corrected chi connectivity index (χ2v) is 16.7. The number of ether oxygens (including phenoxy) is 3. The molecule has 1 unspecified atom stereocenters. The molecule has 3 saturated carbocycles. The highest BCUT2D eigenvalue weighted by Gasteiger charge is 2.68. The van der Waals surface area contributed by atoms with E-state index >= 15 is 4.39 Å². The Labute approximate surface area is 302 Å². The highest BCUT2D eigenvalue weighted by atomic mass is 19.2. The van der Waals surface area contributed by atoms with E-state index in [1.807, 2.05) is 6.92 Å². The molecule has 1 saturated heterocycles. The summed E-state index contributed by atoms with van der Waals surface area (Å²) in [6, 6.07) is 3.20. The number of hydrogen-bond donors (Lipinski definition) is 3. The minimum absolute atomic E-state index is 0.0137. The molecule has 1 aliphatic heterocycles. The average Bonchev–Trinajstić information content (AvgIpc) is 3.39. The molecule has 0 aromatic heterocycles. The van der Waals surface area contributed by atoms with Gasteiger partial charge in [0.1, 0.15) is 28.6 Å². The smallest absolute Gasteiger partial charge is 0.482 e. The van der Waals surface area contributed by atoms with E-state index < -0.39 is 82.6 Å². The Morgan fingerprint density at radius 2 is 1.65 bits per heavy atom. The third-order valence-corrected chi connectivity index (χ3v) is 10.4. The first kappa shape index (κ1) is 39.2. The number of methoxy groups -OCH3 is 1. The fourth-order valence-electron chi connectivity index (χ4n) is 7.79. The summed E-state index contributed by atoms with van der Waals surface area (Å²) in [7, 11) is 0.287. The quantitative estimate of drug-likeness (QED) is 0.153. The lowest BCUT2D eigenvalue weighted by atomic mass is 9.43. The number of halogens is 3. The summed E-state index contributed by atoms with van der Waals surface area (Å²) in [5.74, 6) is -8.96. The number of phenolic OH excluding ortho intramolecular Hbond substituents is 1. The van der Waals surface area contributed by atoms with Gasteiger partial charge in [-0.15, -0.1) is 0 Å². The number of esters is 1. The summed E-state index contributed by atoms with van der Waals surface area (Å²) < 4.78 is 74.4. The van der Waals surface area contributed by atoms with E-state index in [0.717, 1.165) is 6.42 Å². The summed E-state index contributed by atoms with van der Waals surface area (Å²) in [5.41, 5.74) is -2.94. The highest BCUT2D eigenvalue weighted by Crippen LogP contribution is 2.65. The minimum Gasteiger partial charge on any atom is -0.503 e. The predicted octanol–water partition coefficient (Wildman–Crippen LogP) is 6.33. The Hall–Kier alpha value is -3.98. The molecule has 1 heterocycles. The van der Waals surface area contributed by atoms with E-state index in [1.165, 1.54) is 13.2 Å². The first-order chi connectivity index (χ1) is 24.0. The summed E-state index contributed by atoms with van der Waals surface area (Å²) >= 11 is 0. The van der Waals surface area contributed by atoms with Crippen molar-refractivity contribution < 1.29 is 56.2 Å². The van der Waals surface area contributed by atoms with Gasteiger partial charge in [0, 0.05) is 5.56 Å². The number of rotatable bonds is 9. The number of carbonyl (C=O) groups is 3. The number of benzene rings is 2. The lowest BCUT2D eigenvalue weighted by molar-refractivity contribution is -0.199. The second kappa shape index (κ2) is 13.8. The molecule has 2 aromatic carbocycles. The van der Waals surface area contributed by atoms with Gasteiger partial charge in [-0.3, -0.25) is 4.79 Å². The molecule has 0 spiro atoms. The lowest BCUT2D eigenvalue weighted by Crippen LogP contribution is -2.65. The standard InChI is InChI=1S/C37H48BF3N2O9/c1-34(2,3)49-32(46)20-13-11-12-18(30(20)48-10)14-25(38-51-24-16-19-15-23(36(19,7)8)37(24,9)52-38)42-31(45)28(43-33(47)50-35(4,5)6)21-17-22(39)29(44)27(41)26(21)40/h11-13,17,19,23-25,28,44H,14-16H2,1-10H3,(H,42,45)(H,43,47)/t19-,23-,24+,25-,28?,37-/m0/s1. The fraction of sp³-hybridized carbons (Fsp3) is 0.595. The molecule has 3 aliphatic carbocycles. The number of alkyl carbamates (subject to hydrolysis) is 1. The Bertz CT molecular complexity index is 1740. The van der Waals surface area contributed by atoms with E-state index in [1.54, 1.807) is 53.7 Å². The molecule has 52 heavy (non-hydrogen) atoms. The summed E-state index contributed by atoms with van der Waals surface area (Å²) in [4.78, 5) is 40.4. The van der Waals surface area contributed by atoms with Crippen LogP contribution in [0.25, 0.3) is 0 Å². The minimum atomic E-state index is -2.05. The van der Waals surface area contributed by atoms with E-state index in [2.05, 4.69) is 24.5 Å². The largest absolute Gasteiger partial charge is 0.503 e. The number of hydrogen-bond acceptors (Lipinski definition) is 9. The second-order valence-electron chi connectivity index (χ2n) is 16.7. The zero-order chi connectivity index (χ0) is 38.7. The molecule has 11 nitrogen and oxygen atoms in total. The molecule has 0 radical (unpaired) electrons. The number of nitrogens with one attached hydrogen (secondary N) is 2. The van der Waals surface area contributed by atoms with E-state index in [4.69, 9.17) is 23.5 Å². The number of para-hydroxylation sites is 1. The van der Waals surface area contributed by atoms with Crippen molar-refractivity contribution in [2.24, 2.45) is 17.3 Å². The van der Waals surface area contributed by atoms with Crippen LogP contribution in [-0.2, 0) is 30.0 Å². The van der Waals surface area contributed by atoms with Crippen molar-refractivity contribution in [2.75, 3.05) is 7.11 Å². The van der Waals surface area contributed by atoms with Crippen molar-refractivity contribution >= 4 is 25.1 Å². The third-order valence-electron chi connectivity index (χ3n) is 10.4. The maximum absolute atomic E-state index is 15.4. The summed E-state index contributed by atoms with van der Waals surface area (Å²) in [6.45, 7) is 16.2. The molecule has 284 valence electrons. The van der Waals surface area contributed by atoms with Crippen molar-refractivity contribution in [3.63, 3.8) is 0 Å². The maximum atomic E-state index is 15.4. The van der Waals surface area contributed by atoms with Gasteiger partial charge in [-0.25, -0.2) is 18.4 Å². The molecule has 15 heteroatoms. The van der Waals surface area contributed by atoms with Crippen LogP contribution >= 0.6 is 0 Å². The van der Waals surface area contributed by atoms with Crippen molar-refractivity contribution in [1.82, 2.24) is 10.6 Å². The van der Waals surface area contributed by atoms with Gasteiger partial charge in [-0.05, 0) is 103 Å². The van der Waals surface area contributed by atoms with Crippen molar-refractivity contribution in [2.45, 2.75) is 116 Å². The zero-order valence-electron chi connectivity index (χ0n) is 31.2. The van der Waals surface area contributed by atoms with Gasteiger partial charge < -0.3 is 39.3 Å². The first-order valence-corrected chi connectivity index (χ1v) is 17.4. The monoisotopic (exact) mass is 732 g/mol. The SMILES string of the molecule is COc1c(C[C@H](NC(=O)C(NC(=O)OC(C)(C)C)c2cc(F)c(O)c(F)c2F)B2O[C@@H]3C[C@@H]4C[C@@H](C4(C)C)[C@]3(C)O2)cccc1C(=O)OC(C)(C)C. The van der Waals surface area contributed by atoms with Crippen LogP contribution < -0.4 is 15.4 Å². The van der Waals surface area contributed by atoms with Crippen LogP contribution in [0.2, 0.25) is 0 Å². The Morgan fingerprint density at radius 1 is 1.00 bits per heavy atom. The number of phenols is 1. The third kappa shape index (κ3) is 7.57. The van der Waals surface area contributed by atoms with Crippen molar-refractivity contribution in [3.05, 3.63) is 58.4 Å². The summed E-state index contributed by atoms with van der Waals surface area (Å²) in [6.07, 6.45) is 0.0820. The molecule has 2 amide bonds. The highest BCUT2D eigenvalue weighted by molar-refractivity contribution is 6.48. The first-order valence-electron chi connectivity index (χ1n) is 17.4. The number of aromatic hydroxyl groups is 1. The van der Waals surface area contributed by atoms with Crippen LogP contribution in [0.5, 0.6) is 11.5 Å². The number of amides is 2. The van der Waals surface area contributed by atoms with Gasteiger partial charge in [-0.1, -0.05) is 26.0 Å². The van der Waals surface area contributed by atoms with Crippen LogP contribution in [0.15, 0.2) is 24.3 Å². The van der Waals surface area contributed by atoms with Crippen LogP contribution in [0.3, 0.4) is 0 Å². The Balaban J connectivity index is 1.55. The van der Waals surface area contributed by atoms with Crippen LogP contribution in [-0.4, -0.2) is 66.2 Å². The molecule has 6 atom stereocenters. The fourth-order valence-corrected chi connectivity index (χ4v) is 7.79. The van der Waals surface area contributed by atoms with Gasteiger partial charge in [-0.2, -0.15) is 4.39 Å². The molecular weight excluding hydrogens is 684 g/mol. The molecule has 2 aromatic rings. The molecule has 3 N–H and O–H groups in total. The van der Waals surface area contributed by atoms with Crippen LogP contribution in [0.1, 0.15) is 103 Å². The van der Waals surface area contributed by atoms with Crippen molar-refractivity contribution in [1.29, 1.82) is 0 Å². The molecule has 4 fully saturated rings. The molecule has 2 bridgehead atoms. The normalized spacial score (nSPS) is 24.6. The van der Waals surface area contributed by atoms with Gasteiger partial charge >= 0.3 is 19.2 Å². The summed E-state index contributed by atoms with van der Waals surface area (Å²) in [5, 5.41) is 14.7. The van der Waals surface area contributed by atoms with E-state index in [9.17, 15) is 28.3 Å². The van der Waals surface area contributed by atoms with E-state index in [0.29, 0.717) is 24.0 Å². The Morgan fingerprint density at radius 3 is 2.25 bits per heavy atom. The number of carbonyl (C=O) groups excluding carboxylic acids is 3. The Kier molecular flexibility index (Phi) is 10.4.